The molecule has 0 spiro atoms. The molecular weight excluding hydrogens is 177 g/mol. The van der Waals surface area contributed by atoms with Gasteiger partial charge in [0.15, 0.2) is 0 Å². The molecule has 64 valence electrons. The van der Waals surface area contributed by atoms with E-state index >= 15 is 0 Å². The Morgan fingerprint density at radius 1 is 1.75 bits per heavy atom. The van der Waals surface area contributed by atoms with Gasteiger partial charge in [0, 0.05) is 7.11 Å². The molecule has 0 atom stereocenters. The lowest BCUT2D eigenvalue weighted by Gasteiger charge is -1.96. The highest BCUT2D eigenvalue weighted by Crippen LogP contribution is 2.20. The Labute approximate surface area is 74.5 Å². The summed E-state index contributed by atoms with van der Waals surface area (Å²) in [7, 11) is 1.96. The first-order valence-corrected chi connectivity index (χ1v) is 4.11. The first kappa shape index (κ1) is 9.09. The Morgan fingerprint density at radius 3 is 3.00 bits per heavy atom. The molecule has 1 rings (SSSR count). The van der Waals surface area contributed by atoms with Gasteiger partial charge in [-0.15, -0.1) is 11.3 Å². The van der Waals surface area contributed by atoms with Gasteiger partial charge in [-0.3, -0.25) is 0 Å². The minimum Gasteiger partial charge on any atom is -0.477 e. The molecule has 1 aromatic rings. The van der Waals surface area contributed by atoms with E-state index in [1.54, 1.807) is 19.2 Å². The summed E-state index contributed by atoms with van der Waals surface area (Å²) in [4.78, 5) is 10.8. The Morgan fingerprint density at radius 2 is 2.50 bits per heavy atom. The molecule has 0 saturated heterocycles. The molecule has 0 aliphatic heterocycles. The fourth-order valence-corrected chi connectivity index (χ4v) is 1.42. The number of aromatic carboxylic acids is 1. The van der Waals surface area contributed by atoms with Crippen molar-refractivity contribution in [2.24, 2.45) is 0 Å². The smallest absolute Gasteiger partial charge is 0.394 e. The number of rotatable bonds is 4. The molecule has 1 aromatic heterocycles. The Balaban J connectivity index is 2.58. The third-order valence-electron chi connectivity index (χ3n) is 1.21. The largest absolute Gasteiger partial charge is 0.477 e. The van der Waals surface area contributed by atoms with Crippen LogP contribution in [0.5, 0.6) is 0 Å². The molecule has 12 heavy (non-hydrogen) atoms. The number of anilines is 1. The van der Waals surface area contributed by atoms with Crippen LogP contribution in [0.4, 0.5) is 5.00 Å². The van der Waals surface area contributed by atoms with E-state index in [2.05, 4.69) is 5.23 Å². The van der Waals surface area contributed by atoms with Gasteiger partial charge in [-0.25, -0.2) is 4.79 Å². The summed E-state index contributed by atoms with van der Waals surface area (Å²) in [5, 5.41) is 12.3. The summed E-state index contributed by atoms with van der Waals surface area (Å²) >= 11 is 1.19. The zero-order valence-corrected chi connectivity index (χ0v) is 7.35. The number of carbonyl (C=O) groups is 1. The van der Waals surface area contributed by atoms with Crippen LogP contribution in [0.2, 0.25) is 0 Å². The maximum atomic E-state index is 10.4. The summed E-state index contributed by atoms with van der Waals surface area (Å²) in [6, 6.07) is 3.28. The molecular formula is C6H8BNO3S. The van der Waals surface area contributed by atoms with Gasteiger partial charge in [0.05, 0.1) is 5.00 Å². The average molecular weight is 185 g/mol. The molecule has 0 bridgehead atoms. The van der Waals surface area contributed by atoms with Gasteiger partial charge in [0.1, 0.15) is 4.88 Å². The van der Waals surface area contributed by atoms with Crippen LogP contribution in [0.3, 0.4) is 0 Å². The minimum atomic E-state index is -0.898. The third kappa shape index (κ3) is 2.25. The van der Waals surface area contributed by atoms with Crippen molar-refractivity contribution in [3.8, 4) is 0 Å². The van der Waals surface area contributed by atoms with Crippen molar-refractivity contribution in [3.63, 3.8) is 0 Å². The van der Waals surface area contributed by atoms with Crippen LogP contribution in [0.15, 0.2) is 12.1 Å². The third-order valence-corrected chi connectivity index (χ3v) is 2.24. The highest BCUT2D eigenvalue weighted by atomic mass is 32.1. The number of carboxylic acids is 1. The van der Waals surface area contributed by atoms with Crippen molar-refractivity contribution in [2.75, 3.05) is 12.3 Å². The van der Waals surface area contributed by atoms with E-state index in [-0.39, 0.29) is 0 Å². The molecule has 2 N–H and O–H groups in total. The Bertz CT molecular complexity index is 276. The predicted molar refractivity (Wildman–Crippen MR) is 49.1 cm³/mol. The molecule has 4 nitrogen and oxygen atoms in total. The van der Waals surface area contributed by atoms with Crippen LogP contribution < -0.4 is 5.23 Å². The summed E-state index contributed by atoms with van der Waals surface area (Å²) in [5.74, 6) is -0.898. The molecule has 0 radical (unpaired) electrons. The summed E-state index contributed by atoms with van der Waals surface area (Å²) in [6.45, 7) is 0. The topological polar surface area (TPSA) is 58.6 Å². The molecule has 0 fully saturated rings. The lowest BCUT2D eigenvalue weighted by atomic mass is 10.3. The van der Waals surface area contributed by atoms with Gasteiger partial charge in [-0.2, -0.15) is 0 Å². The van der Waals surface area contributed by atoms with Gasteiger partial charge in [-0.1, -0.05) is 0 Å². The van der Waals surface area contributed by atoms with Crippen LogP contribution in [-0.2, 0) is 4.65 Å². The average Bonchev–Trinajstić information content (AvgIpc) is 2.48. The minimum absolute atomic E-state index is 0.327. The quantitative estimate of drug-likeness (QED) is 0.680. The molecule has 0 unspecified atom stereocenters. The second-order valence-electron chi connectivity index (χ2n) is 2.08. The highest BCUT2D eigenvalue weighted by molar-refractivity contribution is 7.18. The second kappa shape index (κ2) is 4.13. The molecule has 0 aliphatic rings. The lowest BCUT2D eigenvalue weighted by molar-refractivity contribution is 0.0702. The summed E-state index contributed by atoms with van der Waals surface area (Å²) in [5.41, 5.74) is 0. The number of hydrogen-bond acceptors (Lipinski definition) is 4. The van der Waals surface area contributed by atoms with E-state index in [0.717, 1.165) is 5.00 Å². The maximum absolute atomic E-state index is 10.4. The van der Waals surface area contributed by atoms with E-state index in [4.69, 9.17) is 9.76 Å². The summed E-state index contributed by atoms with van der Waals surface area (Å²) < 4.78 is 4.76. The van der Waals surface area contributed by atoms with E-state index in [1.807, 2.05) is 0 Å². The van der Waals surface area contributed by atoms with Crippen molar-refractivity contribution in [1.29, 1.82) is 0 Å². The second-order valence-corrected chi connectivity index (χ2v) is 3.16. The van der Waals surface area contributed by atoms with Crippen LogP contribution in [-0.4, -0.2) is 25.8 Å². The highest BCUT2D eigenvalue weighted by Gasteiger charge is 2.05. The van der Waals surface area contributed by atoms with Crippen LogP contribution in [0, 0.1) is 0 Å². The van der Waals surface area contributed by atoms with Crippen molar-refractivity contribution < 1.29 is 14.6 Å². The number of hydrogen-bond donors (Lipinski definition) is 2. The molecule has 0 aromatic carbocycles. The fourth-order valence-electron chi connectivity index (χ4n) is 0.691. The number of carboxylic acid groups (broad SMARTS) is 1. The molecule has 1 heterocycles. The van der Waals surface area contributed by atoms with Gasteiger partial charge in [0.2, 0.25) is 0 Å². The monoisotopic (exact) mass is 185 g/mol. The van der Waals surface area contributed by atoms with Crippen LogP contribution >= 0.6 is 11.3 Å². The summed E-state index contributed by atoms with van der Waals surface area (Å²) in [6.07, 6.45) is 0. The van der Waals surface area contributed by atoms with Crippen molar-refractivity contribution >= 4 is 29.9 Å². The normalized spacial score (nSPS) is 9.42. The van der Waals surface area contributed by atoms with Crippen LogP contribution in [0.1, 0.15) is 9.67 Å². The molecule has 0 aliphatic carbocycles. The van der Waals surface area contributed by atoms with E-state index in [9.17, 15) is 4.79 Å². The van der Waals surface area contributed by atoms with Crippen LogP contribution in [0.25, 0.3) is 0 Å². The maximum Gasteiger partial charge on any atom is 0.394 e. The molecule has 0 amide bonds. The first-order chi connectivity index (χ1) is 5.74. The number of nitrogens with one attached hydrogen (secondary N) is 1. The molecule has 6 heteroatoms. The number of thiophene rings is 1. The van der Waals surface area contributed by atoms with E-state index in [0.29, 0.717) is 12.5 Å². The van der Waals surface area contributed by atoms with Gasteiger partial charge >= 0.3 is 13.6 Å². The SMILES string of the molecule is COBNc1ccc(C(=O)O)s1. The Kier molecular flexibility index (Phi) is 3.13. The molecule has 0 saturated carbocycles. The zero-order valence-electron chi connectivity index (χ0n) is 6.53. The van der Waals surface area contributed by atoms with Crippen molar-refractivity contribution in [2.45, 2.75) is 0 Å². The van der Waals surface area contributed by atoms with E-state index in [1.165, 1.54) is 11.3 Å². The van der Waals surface area contributed by atoms with Crippen molar-refractivity contribution in [1.82, 2.24) is 0 Å². The zero-order chi connectivity index (χ0) is 8.97. The first-order valence-electron chi connectivity index (χ1n) is 3.30. The fraction of sp³-hybridized carbons (Fsp3) is 0.167. The standard InChI is InChI=1S/C6H8BNO3S/c1-11-7-8-5-3-2-4(12-5)6(9)10/h2-3,7-8H,1H3,(H,9,10). The van der Waals surface area contributed by atoms with Gasteiger partial charge in [0.25, 0.3) is 0 Å². The lowest BCUT2D eigenvalue weighted by Crippen LogP contribution is -2.06. The predicted octanol–water partition coefficient (Wildman–Crippen LogP) is 0.771. The van der Waals surface area contributed by atoms with E-state index < -0.39 is 5.97 Å². The Hall–Kier alpha value is -1.01. The van der Waals surface area contributed by atoms with Gasteiger partial charge < -0.3 is 15.0 Å². The van der Waals surface area contributed by atoms with Gasteiger partial charge in [-0.05, 0) is 12.1 Å². The van der Waals surface area contributed by atoms with Crippen molar-refractivity contribution in [3.05, 3.63) is 17.0 Å².